The Morgan fingerprint density at radius 2 is 2.33 bits per heavy atom. The number of nitrogens with zero attached hydrogens (tertiary/aromatic N) is 2. The van der Waals surface area contributed by atoms with Crippen LogP contribution in [0.1, 0.15) is 30.2 Å². The number of nitriles is 1. The van der Waals surface area contributed by atoms with Gasteiger partial charge in [-0.3, -0.25) is 4.79 Å². The highest BCUT2D eigenvalue weighted by atomic mass is 35.5. The lowest BCUT2D eigenvalue weighted by Crippen LogP contribution is -2.11. The minimum atomic E-state index is -2.84. The van der Waals surface area contributed by atoms with Crippen molar-refractivity contribution >= 4 is 17.6 Å². The first kappa shape index (κ1) is 14.3. The van der Waals surface area contributed by atoms with Crippen LogP contribution in [0.25, 0.3) is 0 Å². The molecule has 1 rings (SSSR count). The second kappa shape index (κ2) is 6.26. The van der Waals surface area contributed by atoms with E-state index < -0.39 is 24.4 Å². The van der Waals surface area contributed by atoms with Crippen LogP contribution in [0.2, 0.25) is 5.15 Å². The second-order valence-electron chi connectivity index (χ2n) is 3.26. The zero-order valence-electron chi connectivity index (χ0n) is 9.41. The number of pyridine rings is 1. The predicted molar refractivity (Wildman–Crippen MR) is 59.3 cm³/mol. The largest absolute Gasteiger partial charge is 0.466 e. The first-order chi connectivity index (χ1) is 8.49. The van der Waals surface area contributed by atoms with Crippen LogP contribution >= 0.6 is 11.6 Å². The zero-order chi connectivity index (χ0) is 13.7. The molecule has 0 bridgehead atoms. The van der Waals surface area contributed by atoms with E-state index in [0.29, 0.717) is 0 Å². The summed E-state index contributed by atoms with van der Waals surface area (Å²) in [6, 6.07) is 2.59. The van der Waals surface area contributed by atoms with Crippen molar-refractivity contribution in [1.29, 1.82) is 5.26 Å². The lowest BCUT2D eigenvalue weighted by molar-refractivity contribution is -0.142. The van der Waals surface area contributed by atoms with Crippen molar-refractivity contribution < 1.29 is 18.3 Å². The van der Waals surface area contributed by atoms with E-state index in [-0.39, 0.29) is 23.0 Å². The van der Waals surface area contributed by atoms with Crippen LogP contribution in [-0.2, 0) is 16.0 Å². The van der Waals surface area contributed by atoms with E-state index in [0.717, 1.165) is 6.07 Å². The van der Waals surface area contributed by atoms with Gasteiger partial charge in [0.2, 0.25) is 0 Å². The van der Waals surface area contributed by atoms with Crippen molar-refractivity contribution in [3.8, 4) is 6.07 Å². The molecule has 7 heteroatoms. The molecule has 0 saturated carbocycles. The first-order valence-electron chi connectivity index (χ1n) is 5.02. The van der Waals surface area contributed by atoms with Crippen LogP contribution in [0.5, 0.6) is 0 Å². The van der Waals surface area contributed by atoms with Crippen LogP contribution in [0.3, 0.4) is 0 Å². The van der Waals surface area contributed by atoms with E-state index >= 15 is 0 Å². The van der Waals surface area contributed by atoms with Gasteiger partial charge in [-0.15, -0.1) is 0 Å². The summed E-state index contributed by atoms with van der Waals surface area (Å²) in [5.41, 5.74) is -0.809. The van der Waals surface area contributed by atoms with Crippen LogP contribution in [-0.4, -0.2) is 17.6 Å². The van der Waals surface area contributed by atoms with E-state index in [1.165, 1.54) is 0 Å². The zero-order valence-corrected chi connectivity index (χ0v) is 10.2. The lowest BCUT2D eigenvalue weighted by Gasteiger charge is -2.09. The highest BCUT2D eigenvalue weighted by molar-refractivity contribution is 6.30. The number of carbonyl (C=O) groups is 1. The first-order valence-corrected chi connectivity index (χ1v) is 5.40. The third kappa shape index (κ3) is 3.37. The Balaban J connectivity index is 3.14. The summed E-state index contributed by atoms with van der Waals surface area (Å²) in [5, 5.41) is 8.46. The molecule has 18 heavy (non-hydrogen) atoms. The quantitative estimate of drug-likeness (QED) is 0.625. The number of aromatic nitrogens is 1. The Hall–Kier alpha value is -1.74. The third-order valence-corrected chi connectivity index (χ3v) is 2.35. The Morgan fingerprint density at radius 1 is 1.67 bits per heavy atom. The maximum Gasteiger partial charge on any atom is 0.311 e. The van der Waals surface area contributed by atoms with Crippen LogP contribution < -0.4 is 0 Å². The van der Waals surface area contributed by atoms with E-state index in [4.69, 9.17) is 16.9 Å². The van der Waals surface area contributed by atoms with Crippen LogP contribution in [0, 0.1) is 11.3 Å². The van der Waals surface area contributed by atoms with Gasteiger partial charge in [-0.2, -0.15) is 5.26 Å². The molecular formula is C11H9ClF2N2O2. The fourth-order valence-corrected chi connectivity index (χ4v) is 1.50. The van der Waals surface area contributed by atoms with Crippen molar-refractivity contribution in [3.05, 3.63) is 28.0 Å². The molecular weight excluding hydrogens is 266 g/mol. The number of halogens is 3. The molecule has 0 saturated heterocycles. The SMILES string of the molecule is CCOC(=O)Cc1nc(Cl)c(C#N)cc1C(F)F. The molecule has 0 N–H and O–H groups in total. The third-order valence-electron chi connectivity index (χ3n) is 2.06. The maximum atomic E-state index is 12.8. The summed E-state index contributed by atoms with van der Waals surface area (Å²) in [7, 11) is 0. The van der Waals surface area contributed by atoms with Gasteiger partial charge in [0.1, 0.15) is 11.2 Å². The topological polar surface area (TPSA) is 63.0 Å². The van der Waals surface area contributed by atoms with Crippen LogP contribution in [0.15, 0.2) is 6.07 Å². The fraction of sp³-hybridized carbons (Fsp3) is 0.364. The average molecular weight is 275 g/mol. The number of esters is 1. The molecule has 0 radical (unpaired) electrons. The van der Waals surface area contributed by atoms with Crippen molar-refractivity contribution in [1.82, 2.24) is 4.98 Å². The molecule has 0 amide bonds. The highest BCUT2D eigenvalue weighted by Gasteiger charge is 2.20. The fourth-order valence-electron chi connectivity index (χ4n) is 1.30. The molecule has 1 aromatic heterocycles. The minimum absolute atomic E-state index is 0.146. The van der Waals surface area contributed by atoms with Crippen LogP contribution in [0.4, 0.5) is 8.78 Å². The summed E-state index contributed by atoms with van der Waals surface area (Å²) < 4.78 is 30.2. The second-order valence-corrected chi connectivity index (χ2v) is 3.61. The van der Waals surface area contributed by atoms with Gasteiger partial charge in [0.05, 0.1) is 24.3 Å². The average Bonchev–Trinajstić information content (AvgIpc) is 2.29. The van der Waals surface area contributed by atoms with Gasteiger partial charge >= 0.3 is 5.97 Å². The Kier molecular flexibility index (Phi) is 4.98. The van der Waals surface area contributed by atoms with Crippen molar-refractivity contribution in [3.63, 3.8) is 0 Å². The molecule has 0 atom stereocenters. The normalized spacial score (nSPS) is 10.2. The Labute approximate surface area is 107 Å². The number of rotatable bonds is 4. The van der Waals surface area contributed by atoms with E-state index in [9.17, 15) is 13.6 Å². The minimum Gasteiger partial charge on any atom is -0.466 e. The Morgan fingerprint density at radius 3 is 2.83 bits per heavy atom. The van der Waals surface area contributed by atoms with Crippen molar-refractivity contribution in [2.75, 3.05) is 6.61 Å². The number of ether oxygens (including phenoxy) is 1. The molecule has 0 aromatic carbocycles. The molecule has 1 heterocycles. The standard InChI is InChI=1S/C11H9ClF2N2O2/c1-2-18-9(17)4-8-7(11(13)14)3-6(5-15)10(12)16-8/h3,11H,2,4H2,1H3. The molecule has 0 aliphatic carbocycles. The van der Waals surface area contributed by atoms with E-state index in [1.54, 1.807) is 13.0 Å². The van der Waals surface area contributed by atoms with Gasteiger partial charge in [0.15, 0.2) is 0 Å². The number of hydrogen-bond donors (Lipinski definition) is 0. The van der Waals surface area contributed by atoms with E-state index in [1.807, 2.05) is 0 Å². The Bertz CT molecular complexity index is 501. The molecule has 0 unspecified atom stereocenters. The van der Waals surface area contributed by atoms with Crippen molar-refractivity contribution in [2.24, 2.45) is 0 Å². The molecule has 0 spiro atoms. The lowest BCUT2D eigenvalue weighted by atomic mass is 10.1. The predicted octanol–water partition coefficient (Wildman–Crippen LogP) is 2.65. The molecule has 96 valence electrons. The van der Waals surface area contributed by atoms with Crippen molar-refractivity contribution in [2.45, 2.75) is 19.8 Å². The molecule has 0 aliphatic rings. The van der Waals surface area contributed by atoms with Gasteiger partial charge in [-0.1, -0.05) is 11.6 Å². The number of carbonyl (C=O) groups excluding carboxylic acids is 1. The monoisotopic (exact) mass is 274 g/mol. The van der Waals surface area contributed by atoms with E-state index in [2.05, 4.69) is 9.72 Å². The van der Waals surface area contributed by atoms with Gasteiger partial charge < -0.3 is 4.74 Å². The molecule has 4 nitrogen and oxygen atoms in total. The summed E-state index contributed by atoms with van der Waals surface area (Å²) >= 11 is 5.64. The molecule has 1 aromatic rings. The summed E-state index contributed by atoms with van der Waals surface area (Å²) in [6.07, 6.45) is -3.25. The highest BCUT2D eigenvalue weighted by Crippen LogP contribution is 2.26. The summed E-state index contributed by atoms with van der Waals surface area (Å²) in [6.45, 7) is 1.75. The molecule has 0 aliphatic heterocycles. The summed E-state index contributed by atoms with van der Waals surface area (Å²) in [5.74, 6) is -0.673. The van der Waals surface area contributed by atoms with Gasteiger partial charge in [0.25, 0.3) is 6.43 Å². The van der Waals surface area contributed by atoms with Gasteiger partial charge in [0, 0.05) is 5.56 Å². The maximum absolute atomic E-state index is 12.8. The summed E-state index contributed by atoms with van der Waals surface area (Å²) in [4.78, 5) is 14.9. The smallest absolute Gasteiger partial charge is 0.311 e. The number of alkyl halides is 2. The molecule has 0 fully saturated rings. The van der Waals surface area contributed by atoms with Gasteiger partial charge in [-0.25, -0.2) is 13.8 Å². The number of hydrogen-bond acceptors (Lipinski definition) is 4. The van der Waals surface area contributed by atoms with Gasteiger partial charge in [-0.05, 0) is 13.0 Å².